The van der Waals surface area contributed by atoms with Crippen molar-refractivity contribution in [3.05, 3.63) is 59.7 Å². The summed E-state index contributed by atoms with van der Waals surface area (Å²) in [7, 11) is 3.46. The number of amides is 2. The average molecular weight is 437 g/mol. The van der Waals surface area contributed by atoms with Gasteiger partial charge in [0.05, 0.1) is 13.2 Å². The van der Waals surface area contributed by atoms with E-state index >= 15 is 0 Å². The lowest BCUT2D eigenvalue weighted by Crippen LogP contribution is -2.62. The zero-order chi connectivity index (χ0) is 22.7. The first-order valence-electron chi connectivity index (χ1n) is 11.3. The highest BCUT2D eigenvalue weighted by Gasteiger charge is 2.47. The van der Waals surface area contributed by atoms with Gasteiger partial charge in [0.15, 0.2) is 5.60 Å². The third-order valence-corrected chi connectivity index (χ3v) is 6.29. The lowest BCUT2D eigenvalue weighted by molar-refractivity contribution is -0.175. The number of rotatable bonds is 5. The Balaban J connectivity index is 1.56. The summed E-state index contributed by atoms with van der Waals surface area (Å²) < 4.78 is 11.7. The fourth-order valence-electron chi connectivity index (χ4n) is 4.64. The van der Waals surface area contributed by atoms with E-state index in [2.05, 4.69) is 43.3 Å². The Morgan fingerprint density at radius 1 is 1.09 bits per heavy atom. The molecule has 4 rings (SSSR count). The van der Waals surface area contributed by atoms with Gasteiger partial charge in [-0.1, -0.05) is 54.1 Å². The minimum atomic E-state index is -1.10. The number of carbonyl (C=O) groups excluding carboxylic acids is 2. The van der Waals surface area contributed by atoms with Gasteiger partial charge in [0, 0.05) is 33.7 Å². The maximum atomic E-state index is 13.3. The molecule has 2 saturated heterocycles. The molecule has 170 valence electrons. The van der Waals surface area contributed by atoms with Crippen molar-refractivity contribution in [2.75, 3.05) is 40.4 Å². The smallest absolute Gasteiger partial charge is 0.256 e. The van der Waals surface area contributed by atoms with Crippen LogP contribution in [-0.4, -0.2) is 73.7 Å². The molecule has 6 nitrogen and oxygen atoms in total. The number of likely N-dealkylation sites (N-methyl/N-ethyl adjacent to an activating group) is 1. The summed E-state index contributed by atoms with van der Waals surface area (Å²) in [5.41, 5.74) is 3.42. The van der Waals surface area contributed by atoms with Crippen molar-refractivity contribution in [1.82, 2.24) is 9.80 Å². The van der Waals surface area contributed by atoms with Crippen LogP contribution in [0.25, 0.3) is 11.1 Å². The van der Waals surface area contributed by atoms with Gasteiger partial charge in [-0.05, 0) is 36.5 Å². The van der Waals surface area contributed by atoms with Crippen LogP contribution in [0, 0.1) is 6.92 Å². The summed E-state index contributed by atoms with van der Waals surface area (Å²) >= 11 is 0. The van der Waals surface area contributed by atoms with Crippen LogP contribution in [0.15, 0.2) is 48.5 Å². The zero-order valence-electron chi connectivity index (χ0n) is 19.2. The molecule has 2 atom stereocenters. The monoisotopic (exact) mass is 436 g/mol. The van der Waals surface area contributed by atoms with E-state index in [1.165, 1.54) is 5.56 Å². The van der Waals surface area contributed by atoms with Crippen molar-refractivity contribution < 1.29 is 19.1 Å². The summed E-state index contributed by atoms with van der Waals surface area (Å²) in [5.74, 6) is -0.151. The summed E-state index contributed by atoms with van der Waals surface area (Å²) in [5, 5.41) is 0. The van der Waals surface area contributed by atoms with Crippen LogP contribution in [0.5, 0.6) is 0 Å². The van der Waals surface area contributed by atoms with Gasteiger partial charge in [0.2, 0.25) is 0 Å². The Kier molecular flexibility index (Phi) is 6.63. The van der Waals surface area contributed by atoms with Crippen molar-refractivity contribution in [3.63, 3.8) is 0 Å². The molecule has 2 fully saturated rings. The minimum absolute atomic E-state index is 0.0310. The van der Waals surface area contributed by atoms with Crippen molar-refractivity contribution in [2.24, 2.45) is 0 Å². The Bertz CT molecular complexity index is 966. The van der Waals surface area contributed by atoms with Crippen LogP contribution in [0.3, 0.4) is 0 Å². The Morgan fingerprint density at radius 3 is 2.53 bits per heavy atom. The predicted molar refractivity (Wildman–Crippen MR) is 123 cm³/mol. The fourth-order valence-corrected chi connectivity index (χ4v) is 4.64. The standard InChI is InChI=1S/C26H32N2O4/c1-19-6-4-7-22(16-19)21-11-9-20(10-12-21)17-26(25(30)27(2)3)18-28(13-15-32-26)24(29)23-8-5-14-31-23/h4,6-7,9-12,16,23H,5,8,13-15,17-18H2,1-3H3/t23-,26-/m0/s1. The number of morpholine rings is 1. The second-order valence-electron chi connectivity index (χ2n) is 9.05. The van der Waals surface area contributed by atoms with E-state index < -0.39 is 11.7 Å². The van der Waals surface area contributed by atoms with Crippen LogP contribution >= 0.6 is 0 Å². The van der Waals surface area contributed by atoms with Gasteiger partial charge in [-0.25, -0.2) is 0 Å². The normalized spacial score (nSPS) is 23.2. The molecule has 0 unspecified atom stereocenters. The van der Waals surface area contributed by atoms with Gasteiger partial charge in [-0.15, -0.1) is 0 Å². The molecule has 32 heavy (non-hydrogen) atoms. The highest BCUT2D eigenvalue weighted by atomic mass is 16.5. The summed E-state index contributed by atoms with van der Waals surface area (Å²) in [6.07, 6.45) is 1.66. The molecule has 0 saturated carbocycles. The van der Waals surface area contributed by atoms with E-state index in [1.807, 2.05) is 12.1 Å². The molecule has 0 aromatic heterocycles. The minimum Gasteiger partial charge on any atom is -0.368 e. The fraction of sp³-hybridized carbons (Fsp3) is 0.462. The SMILES string of the molecule is Cc1cccc(-c2ccc(C[C@@]3(C(=O)N(C)C)CN(C(=O)[C@@H]4CCCO4)CCO3)cc2)c1. The van der Waals surface area contributed by atoms with Crippen molar-refractivity contribution in [2.45, 2.75) is 37.9 Å². The quantitative estimate of drug-likeness (QED) is 0.723. The van der Waals surface area contributed by atoms with Crippen LogP contribution in [0.4, 0.5) is 0 Å². The van der Waals surface area contributed by atoms with Crippen molar-refractivity contribution in [3.8, 4) is 11.1 Å². The summed E-state index contributed by atoms with van der Waals surface area (Å²) in [4.78, 5) is 29.6. The van der Waals surface area contributed by atoms with E-state index in [9.17, 15) is 9.59 Å². The second-order valence-corrected chi connectivity index (χ2v) is 9.05. The number of carbonyl (C=O) groups is 2. The maximum absolute atomic E-state index is 13.3. The zero-order valence-corrected chi connectivity index (χ0v) is 19.2. The first kappa shape index (κ1) is 22.5. The molecule has 0 radical (unpaired) electrons. The molecule has 0 spiro atoms. The number of hydrogen-bond acceptors (Lipinski definition) is 4. The van der Waals surface area contributed by atoms with Crippen molar-refractivity contribution in [1.29, 1.82) is 0 Å². The molecule has 2 amide bonds. The van der Waals surface area contributed by atoms with Crippen LogP contribution in [-0.2, 0) is 25.5 Å². The first-order valence-corrected chi connectivity index (χ1v) is 11.3. The molecule has 0 bridgehead atoms. The molecule has 0 aliphatic carbocycles. The number of hydrogen-bond donors (Lipinski definition) is 0. The van der Waals surface area contributed by atoms with E-state index in [-0.39, 0.29) is 18.4 Å². The topological polar surface area (TPSA) is 59.1 Å². The van der Waals surface area contributed by atoms with Gasteiger partial charge in [0.1, 0.15) is 6.10 Å². The van der Waals surface area contributed by atoms with Crippen LogP contribution in [0.2, 0.25) is 0 Å². The molecule has 0 N–H and O–H groups in total. The Hall–Kier alpha value is -2.70. The Labute approximate surface area is 190 Å². The van der Waals surface area contributed by atoms with E-state index in [0.717, 1.165) is 29.5 Å². The molecule has 2 aliphatic heterocycles. The van der Waals surface area contributed by atoms with Gasteiger partial charge < -0.3 is 19.3 Å². The molecular formula is C26H32N2O4. The van der Waals surface area contributed by atoms with Gasteiger partial charge in [-0.2, -0.15) is 0 Å². The van der Waals surface area contributed by atoms with E-state index in [0.29, 0.717) is 26.2 Å². The van der Waals surface area contributed by atoms with Crippen LogP contribution in [0.1, 0.15) is 24.0 Å². The average Bonchev–Trinajstić information content (AvgIpc) is 3.33. The Morgan fingerprint density at radius 2 is 1.88 bits per heavy atom. The molecule has 2 heterocycles. The highest BCUT2D eigenvalue weighted by molar-refractivity contribution is 5.88. The third kappa shape index (κ3) is 4.71. The van der Waals surface area contributed by atoms with Crippen LogP contribution < -0.4 is 0 Å². The maximum Gasteiger partial charge on any atom is 0.256 e. The summed E-state index contributed by atoms with van der Waals surface area (Å²) in [6, 6.07) is 16.6. The summed E-state index contributed by atoms with van der Waals surface area (Å²) in [6.45, 7) is 3.75. The molecular weight excluding hydrogens is 404 g/mol. The van der Waals surface area contributed by atoms with Gasteiger partial charge in [-0.3, -0.25) is 9.59 Å². The first-order chi connectivity index (χ1) is 15.4. The number of ether oxygens (including phenoxy) is 2. The lowest BCUT2D eigenvalue weighted by atomic mass is 9.89. The molecule has 2 aromatic carbocycles. The predicted octanol–water partition coefficient (Wildman–Crippen LogP) is 3.07. The molecule has 2 aromatic rings. The van der Waals surface area contributed by atoms with Gasteiger partial charge >= 0.3 is 0 Å². The largest absolute Gasteiger partial charge is 0.368 e. The van der Waals surface area contributed by atoms with Crippen molar-refractivity contribution >= 4 is 11.8 Å². The molecule has 2 aliphatic rings. The van der Waals surface area contributed by atoms with E-state index in [1.54, 1.807) is 23.9 Å². The molecule has 6 heteroatoms. The number of aryl methyl sites for hydroxylation is 1. The number of nitrogens with zero attached hydrogens (tertiary/aromatic N) is 2. The van der Waals surface area contributed by atoms with E-state index in [4.69, 9.17) is 9.47 Å². The highest BCUT2D eigenvalue weighted by Crippen LogP contribution is 2.29. The lowest BCUT2D eigenvalue weighted by Gasteiger charge is -2.43. The van der Waals surface area contributed by atoms with Gasteiger partial charge in [0.25, 0.3) is 11.8 Å². The third-order valence-electron chi connectivity index (χ3n) is 6.29. The number of benzene rings is 2. The second kappa shape index (κ2) is 9.43.